The minimum atomic E-state index is -0.756. The second-order valence-corrected chi connectivity index (χ2v) is 5.43. The first-order chi connectivity index (χ1) is 10.0. The standard InChI is InChI=1S/C14H21N5O2/c1-3-11-10(8-9(2)17-18-11)12(20)16-14(13(15)19-21)6-4-5-7-14/h8,21H,3-7H2,1-2H3,(H2,15,19)(H,16,20). The van der Waals surface area contributed by atoms with Crippen molar-refractivity contribution in [1.29, 1.82) is 0 Å². The number of oxime groups is 1. The van der Waals surface area contributed by atoms with Crippen LogP contribution >= 0.6 is 0 Å². The first-order valence-electron chi connectivity index (χ1n) is 7.16. The lowest BCUT2D eigenvalue weighted by Crippen LogP contribution is -2.55. The fourth-order valence-corrected chi connectivity index (χ4v) is 2.78. The molecule has 1 heterocycles. The van der Waals surface area contributed by atoms with Gasteiger partial charge in [0.25, 0.3) is 5.91 Å². The summed E-state index contributed by atoms with van der Waals surface area (Å²) in [7, 11) is 0. The zero-order valence-electron chi connectivity index (χ0n) is 12.4. The van der Waals surface area contributed by atoms with Crippen molar-refractivity contribution in [3.05, 3.63) is 23.0 Å². The average Bonchev–Trinajstić information content (AvgIpc) is 2.96. The second-order valence-electron chi connectivity index (χ2n) is 5.43. The number of carbonyl (C=O) groups excluding carboxylic acids is 1. The number of nitrogens with two attached hydrogens (primary N) is 1. The molecule has 0 unspecified atom stereocenters. The summed E-state index contributed by atoms with van der Waals surface area (Å²) in [4.78, 5) is 12.6. The lowest BCUT2D eigenvalue weighted by Gasteiger charge is -2.29. The number of amides is 1. The van der Waals surface area contributed by atoms with Gasteiger partial charge in [-0.3, -0.25) is 4.79 Å². The highest BCUT2D eigenvalue weighted by atomic mass is 16.4. The molecule has 7 heteroatoms. The number of hydrogen-bond donors (Lipinski definition) is 3. The lowest BCUT2D eigenvalue weighted by molar-refractivity contribution is 0.0921. The number of carbonyl (C=O) groups is 1. The molecule has 7 nitrogen and oxygen atoms in total. The van der Waals surface area contributed by atoms with Gasteiger partial charge < -0.3 is 16.3 Å². The SMILES string of the molecule is CCc1nnc(C)cc1C(=O)NC1(C(N)=NO)CCCC1. The van der Waals surface area contributed by atoms with Crippen LogP contribution in [0.5, 0.6) is 0 Å². The molecule has 0 radical (unpaired) electrons. The van der Waals surface area contributed by atoms with Gasteiger partial charge in [0, 0.05) is 0 Å². The van der Waals surface area contributed by atoms with Crippen molar-refractivity contribution in [2.75, 3.05) is 0 Å². The van der Waals surface area contributed by atoms with Crippen LogP contribution in [0.1, 0.15) is 54.4 Å². The smallest absolute Gasteiger partial charge is 0.254 e. The summed E-state index contributed by atoms with van der Waals surface area (Å²) in [6.45, 7) is 3.71. The number of rotatable bonds is 4. The summed E-state index contributed by atoms with van der Waals surface area (Å²) in [5.41, 5.74) is 6.87. The van der Waals surface area contributed by atoms with E-state index in [0.717, 1.165) is 12.8 Å². The highest BCUT2D eigenvalue weighted by molar-refractivity contribution is 6.01. The van der Waals surface area contributed by atoms with Crippen molar-refractivity contribution in [2.24, 2.45) is 10.9 Å². The maximum absolute atomic E-state index is 12.6. The van der Waals surface area contributed by atoms with Crippen molar-refractivity contribution in [1.82, 2.24) is 15.5 Å². The van der Waals surface area contributed by atoms with Crippen molar-refractivity contribution in [3.8, 4) is 0 Å². The van der Waals surface area contributed by atoms with Crippen LogP contribution < -0.4 is 11.1 Å². The molecule has 1 aromatic rings. The number of hydrogen-bond acceptors (Lipinski definition) is 5. The lowest BCUT2D eigenvalue weighted by atomic mass is 9.95. The number of aryl methyl sites for hydroxylation is 2. The highest BCUT2D eigenvalue weighted by Crippen LogP contribution is 2.30. The molecule has 1 fully saturated rings. The molecule has 1 amide bonds. The Bertz CT molecular complexity index is 564. The third-order valence-corrected chi connectivity index (χ3v) is 3.98. The van der Waals surface area contributed by atoms with Gasteiger partial charge >= 0.3 is 0 Å². The Kier molecular flexibility index (Phi) is 4.40. The largest absolute Gasteiger partial charge is 0.409 e. The average molecular weight is 291 g/mol. The molecule has 21 heavy (non-hydrogen) atoms. The summed E-state index contributed by atoms with van der Waals surface area (Å²) in [6, 6.07) is 1.72. The third kappa shape index (κ3) is 2.96. The van der Waals surface area contributed by atoms with E-state index in [4.69, 9.17) is 10.9 Å². The molecular weight excluding hydrogens is 270 g/mol. The van der Waals surface area contributed by atoms with Gasteiger partial charge in [0.2, 0.25) is 0 Å². The van der Waals surface area contributed by atoms with Gasteiger partial charge in [0.1, 0.15) is 5.54 Å². The van der Waals surface area contributed by atoms with E-state index in [0.29, 0.717) is 36.2 Å². The first kappa shape index (κ1) is 15.2. The van der Waals surface area contributed by atoms with Crippen molar-refractivity contribution >= 4 is 11.7 Å². The van der Waals surface area contributed by atoms with Crippen LogP contribution in [0, 0.1) is 6.92 Å². The second kappa shape index (κ2) is 6.07. The minimum absolute atomic E-state index is 0.0603. The van der Waals surface area contributed by atoms with Crippen LogP contribution in [-0.4, -0.2) is 32.7 Å². The summed E-state index contributed by atoms with van der Waals surface area (Å²) < 4.78 is 0. The molecule has 1 aromatic heterocycles. The van der Waals surface area contributed by atoms with Crippen molar-refractivity contribution in [2.45, 2.75) is 51.5 Å². The van der Waals surface area contributed by atoms with Gasteiger partial charge in [-0.15, -0.1) is 0 Å². The molecule has 0 aromatic carbocycles. The molecule has 0 atom stereocenters. The molecule has 4 N–H and O–H groups in total. The van der Waals surface area contributed by atoms with Crippen molar-refractivity contribution < 1.29 is 10.0 Å². The molecule has 1 saturated carbocycles. The van der Waals surface area contributed by atoms with Crippen LogP contribution in [0.25, 0.3) is 0 Å². The third-order valence-electron chi connectivity index (χ3n) is 3.98. The normalized spacial score (nSPS) is 17.7. The Morgan fingerprint density at radius 3 is 2.71 bits per heavy atom. The Morgan fingerprint density at radius 2 is 2.14 bits per heavy atom. The molecular formula is C14H21N5O2. The van der Waals surface area contributed by atoms with E-state index in [2.05, 4.69) is 20.7 Å². The fourth-order valence-electron chi connectivity index (χ4n) is 2.78. The summed E-state index contributed by atoms with van der Waals surface area (Å²) in [5.74, 6) is -0.191. The zero-order chi connectivity index (χ0) is 15.5. The van der Waals surface area contributed by atoms with E-state index in [9.17, 15) is 4.79 Å². The van der Waals surface area contributed by atoms with Gasteiger partial charge in [-0.2, -0.15) is 10.2 Å². The molecule has 114 valence electrons. The predicted molar refractivity (Wildman–Crippen MR) is 78.2 cm³/mol. The van der Waals surface area contributed by atoms with Crippen LogP contribution in [-0.2, 0) is 6.42 Å². The molecule has 0 bridgehead atoms. The van der Waals surface area contributed by atoms with Gasteiger partial charge in [-0.25, -0.2) is 0 Å². The van der Waals surface area contributed by atoms with Gasteiger partial charge in [-0.1, -0.05) is 24.9 Å². The zero-order valence-corrected chi connectivity index (χ0v) is 12.4. The molecule has 0 spiro atoms. The molecule has 0 saturated heterocycles. The fraction of sp³-hybridized carbons (Fsp3) is 0.571. The molecule has 1 aliphatic carbocycles. The summed E-state index contributed by atoms with van der Waals surface area (Å²) in [5, 5.41) is 23.1. The first-order valence-corrected chi connectivity index (χ1v) is 7.16. The molecule has 2 rings (SSSR count). The summed E-state index contributed by atoms with van der Waals surface area (Å²) >= 11 is 0. The van der Waals surface area contributed by atoms with E-state index in [1.54, 1.807) is 13.0 Å². The van der Waals surface area contributed by atoms with Crippen LogP contribution in [0.3, 0.4) is 0 Å². The van der Waals surface area contributed by atoms with E-state index < -0.39 is 5.54 Å². The van der Waals surface area contributed by atoms with E-state index in [1.165, 1.54) is 0 Å². The molecule has 1 aliphatic rings. The minimum Gasteiger partial charge on any atom is -0.409 e. The number of aromatic nitrogens is 2. The summed E-state index contributed by atoms with van der Waals surface area (Å²) in [6.07, 6.45) is 3.84. The van der Waals surface area contributed by atoms with E-state index in [1.807, 2.05) is 6.92 Å². The quantitative estimate of drug-likeness (QED) is 0.333. The van der Waals surface area contributed by atoms with Gasteiger partial charge in [-0.05, 0) is 32.3 Å². The Morgan fingerprint density at radius 1 is 1.48 bits per heavy atom. The van der Waals surface area contributed by atoms with Gasteiger partial charge in [0.05, 0.1) is 17.0 Å². The van der Waals surface area contributed by atoms with Crippen molar-refractivity contribution in [3.63, 3.8) is 0 Å². The number of nitrogens with zero attached hydrogens (tertiary/aromatic N) is 3. The topological polar surface area (TPSA) is 113 Å². The molecule has 0 aliphatic heterocycles. The van der Waals surface area contributed by atoms with E-state index >= 15 is 0 Å². The Labute approximate surface area is 123 Å². The monoisotopic (exact) mass is 291 g/mol. The maximum atomic E-state index is 12.6. The van der Waals surface area contributed by atoms with Crippen LogP contribution in [0.4, 0.5) is 0 Å². The predicted octanol–water partition coefficient (Wildman–Crippen LogP) is 1.14. The van der Waals surface area contributed by atoms with E-state index in [-0.39, 0.29) is 11.7 Å². The van der Waals surface area contributed by atoms with Gasteiger partial charge in [0.15, 0.2) is 5.84 Å². The maximum Gasteiger partial charge on any atom is 0.254 e. The number of amidine groups is 1. The Hall–Kier alpha value is -2.18. The Balaban J connectivity index is 2.30. The van der Waals surface area contributed by atoms with Crippen LogP contribution in [0.15, 0.2) is 11.2 Å². The number of nitrogens with one attached hydrogen (secondary N) is 1. The highest BCUT2D eigenvalue weighted by Gasteiger charge is 2.40. The van der Waals surface area contributed by atoms with Crippen LogP contribution in [0.2, 0.25) is 0 Å².